The Morgan fingerprint density at radius 3 is 2.67 bits per heavy atom. The molecule has 0 unspecified atom stereocenters. The van der Waals surface area contributed by atoms with Crippen molar-refractivity contribution in [3.05, 3.63) is 28.5 Å². The van der Waals surface area contributed by atoms with E-state index in [2.05, 4.69) is 5.16 Å². The zero-order valence-corrected chi connectivity index (χ0v) is 12.1. The third kappa shape index (κ3) is 2.21. The Labute approximate surface area is 125 Å². The van der Waals surface area contributed by atoms with Gasteiger partial charge in [0.1, 0.15) is 5.69 Å². The molecule has 0 spiro atoms. The summed E-state index contributed by atoms with van der Waals surface area (Å²) in [5.74, 6) is -0.212. The number of benzene rings is 1. The molecule has 21 heavy (non-hydrogen) atoms. The summed E-state index contributed by atoms with van der Waals surface area (Å²) in [5.41, 5.74) is 1.93. The van der Waals surface area contributed by atoms with E-state index in [0.29, 0.717) is 27.8 Å². The number of aromatic nitrogens is 1. The zero-order valence-electron chi connectivity index (χ0n) is 11.3. The van der Waals surface area contributed by atoms with Crippen molar-refractivity contribution in [1.29, 1.82) is 0 Å². The summed E-state index contributed by atoms with van der Waals surface area (Å²) >= 11 is 6.19. The van der Waals surface area contributed by atoms with Gasteiger partial charge < -0.3 is 19.1 Å². The third-order valence-electron chi connectivity index (χ3n) is 3.21. The summed E-state index contributed by atoms with van der Waals surface area (Å²) in [4.78, 5) is 10.9. The second-order valence-electron chi connectivity index (χ2n) is 4.92. The van der Waals surface area contributed by atoms with Crippen LogP contribution in [0.3, 0.4) is 0 Å². The Morgan fingerprint density at radius 2 is 2.05 bits per heavy atom. The maximum Gasteiger partial charge on any atom is 0.374 e. The molecule has 2 heterocycles. The van der Waals surface area contributed by atoms with Gasteiger partial charge in [-0.2, -0.15) is 0 Å². The van der Waals surface area contributed by atoms with E-state index < -0.39 is 5.97 Å². The van der Waals surface area contributed by atoms with Gasteiger partial charge in [-0.3, -0.25) is 0 Å². The van der Waals surface area contributed by atoms with Crippen molar-refractivity contribution in [2.24, 2.45) is 0 Å². The normalized spacial score (nSPS) is 13.0. The van der Waals surface area contributed by atoms with Crippen molar-refractivity contribution < 1.29 is 23.9 Å². The first-order chi connectivity index (χ1) is 9.99. The summed E-state index contributed by atoms with van der Waals surface area (Å²) in [5, 5.41) is 13.1. The van der Waals surface area contributed by atoms with Gasteiger partial charge in [0, 0.05) is 17.2 Å². The van der Waals surface area contributed by atoms with Gasteiger partial charge in [-0.15, -0.1) is 0 Å². The minimum atomic E-state index is -1.17. The number of hydrogen-bond acceptors (Lipinski definition) is 5. The molecule has 0 saturated carbocycles. The van der Waals surface area contributed by atoms with E-state index in [-0.39, 0.29) is 18.5 Å². The van der Waals surface area contributed by atoms with E-state index in [1.165, 1.54) is 6.07 Å². The SMILES string of the molecule is CC(C)c1c(-c2cc(C(=O)O)on2)cc(Cl)c2c1OCO2. The molecule has 1 aromatic carbocycles. The quantitative estimate of drug-likeness (QED) is 0.933. The Morgan fingerprint density at radius 1 is 1.33 bits per heavy atom. The highest BCUT2D eigenvalue weighted by Crippen LogP contribution is 2.48. The van der Waals surface area contributed by atoms with Gasteiger partial charge in [0.25, 0.3) is 0 Å². The van der Waals surface area contributed by atoms with Gasteiger partial charge in [0.2, 0.25) is 12.6 Å². The molecular formula is C14H12ClNO5. The van der Waals surface area contributed by atoms with Gasteiger partial charge in [0.05, 0.1) is 5.02 Å². The van der Waals surface area contributed by atoms with Crippen LogP contribution < -0.4 is 9.47 Å². The Balaban J connectivity index is 2.21. The van der Waals surface area contributed by atoms with Crippen LogP contribution in [0.2, 0.25) is 5.02 Å². The molecule has 110 valence electrons. The van der Waals surface area contributed by atoms with Gasteiger partial charge in [-0.1, -0.05) is 30.6 Å². The molecule has 0 bridgehead atoms. The molecule has 1 aromatic heterocycles. The first-order valence-electron chi connectivity index (χ1n) is 6.31. The lowest BCUT2D eigenvalue weighted by Crippen LogP contribution is -1.97. The number of hydrogen-bond donors (Lipinski definition) is 1. The van der Waals surface area contributed by atoms with Crippen LogP contribution in [-0.4, -0.2) is 23.0 Å². The Bertz CT molecular complexity index is 722. The first kappa shape index (κ1) is 13.8. The fourth-order valence-electron chi connectivity index (χ4n) is 2.34. The van der Waals surface area contributed by atoms with Crippen molar-refractivity contribution in [2.45, 2.75) is 19.8 Å². The number of carbonyl (C=O) groups is 1. The van der Waals surface area contributed by atoms with Crippen LogP contribution in [0.15, 0.2) is 16.7 Å². The van der Waals surface area contributed by atoms with Gasteiger partial charge >= 0.3 is 5.97 Å². The largest absolute Gasteiger partial charge is 0.475 e. The zero-order chi connectivity index (χ0) is 15.1. The lowest BCUT2D eigenvalue weighted by Gasteiger charge is -2.14. The molecule has 0 aliphatic carbocycles. The lowest BCUT2D eigenvalue weighted by molar-refractivity contribution is 0.0652. The number of nitrogens with zero attached hydrogens (tertiary/aromatic N) is 1. The molecule has 6 nitrogen and oxygen atoms in total. The van der Waals surface area contributed by atoms with E-state index in [4.69, 9.17) is 30.7 Å². The van der Waals surface area contributed by atoms with Crippen molar-refractivity contribution in [1.82, 2.24) is 5.16 Å². The fraction of sp³-hybridized carbons (Fsp3) is 0.286. The highest BCUT2D eigenvalue weighted by molar-refractivity contribution is 6.32. The first-order valence-corrected chi connectivity index (χ1v) is 6.69. The van der Waals surface area contributed by atoms with Crippen LogP contribution in [0.1, 0.15) is 35.9 Å². The maximum absolute atomic E-state index is 10.9. The highest BCUT2D eigenvalue weighted by Gasteiger charge is 2.28. The van der Waals surface area contributed by atoms with Crippen molar-refractivity contribution in [2.75, 3.05) is 6.79 Å². The summed E-state index contributed by atoms with van der Waals surface area (Å²) in [6, 6.07) is 3.05. The summed E-state index contributed by atoms with van der Waals surface area (Å²) in [7, 11) is 0. The van der Waals surface area contributed by atoms with E-state index in [1.54, 1.807) is 6.07 Å². The fourth-order valence-corrected chi connectivity index (χ4v) is 2.59. The van der Waals surface area contributed by atoms with Crippen LogP contribution >= 0.6 is 11.6 Å². The third-order valence-corrected chi connectivity index (χ3v) is 3.49. The van der Waals surface area contributed by atoms with E-state index in [0.717, 1.165) is 5.56 Å². The summed E-state index contributed by atoms with van der Waals surface area (Å²) in [6.07, 6.45) is 0. The topological polar surface area (TPSA) is 81.8 Å². The monoisotopic (exact) mass is 309 g/mol. The molecule has 0 saturated heterocycles. The molecule has 1 aliphatic rings. The number of carboxylic acid groups (broad SMARTS) is 1. The summed E-state index contributed by atoms with van der Waals surface area (Å²) < 4.78 is 15.7. The molecule has 0 fully saturated rings. The Hall–Kier alpha value is -2.21. The van der Waals surface area contributed by atoms with Crippen LogP contribution in [0.4, 0.5) is 0 Å². The van der Waals surface area contributed by atoms with Crippen molar-refractivity contribution in [3.8, 4) is 22.8 Å². The molecule has 1 N–H and O–H groups in total. The average Bonchev–Trinajstić information content (AvgIpc) is 3.07. The molecule has 0 radical (unpaired) electrons. The molecule has 1 aliphatic heterocycles. The van der Waals surface area contributed by atoms with Gasteiger partial charge in [-0.05, 0) is 12.0 Å². The van der Waals surface area contributed by atoms with Gasteiger partial charge in [0.15, 0.2) is 11.5 Å². The minimum absolute atomic E-state index is 0.109. The van der Waals surface area contributed by atoms with Crippen LogP contribution in [-0.2, 0) is 0 Å². The van der Waals surface area contributed by atoms with E-state index in [9.17, 15) is 4.79 Å². The standard InChI is InChI=1S/C14H12ClNO5/c1-6(2)11-7(9-4-10(14(17)18)21-16-9)3-8(15)12-13(11)20-5-19-12/h3-4,6H,5H2,1-2H3,(H,17,18). The van der Waals surface area contributed by atoms with Crippen LogP contribution in [0, 0.1) is 0 Å². The highest BCUT2D eigenvalue weighted by atomic mass is 35.5. The molecule has 0 atom stereocenters. The van der Waals surface area contributed by atoms with E-state index in [1.807, 2.05) is 13.8 Å². The number of ether oxygens (including phenoxy) is 2. The van der Waals surface area contributed by atoms with Gasteiger partial charge in [-0.25, -0.2) is 4.79 Å². The molecule has 7 heteroatoms. The predicted molar refractivity (Wildman–Crippen MR) is 74.1 cm³/mol. The second-order valence-corrected chi connectivity index (χ2v) is 5.33. The number of rotatable bonds is 3. The predicted octanol–water partition coefficient (Wildman–Crippen LogP) is 3.55. The Kier molecular flexibility index (Phi) is 3.25. The minimum Gasteiger partial charge on any atom is -0.475 e. The molecule has 0 amide bonds. The number of fused-ring (bicyclic) bond motifs is 1. The summed E-state index contributed by atoms with van der Waals surface area (Å²) in [6.45, 7) is 4.09. The molecular weight excluding hydrogens is 298 g/mol. The maximum atomic E-state index is 10.9. The second kappa shape index (κ2) is 4.96. The van der Waals surface area contributed by atoms with Crippen molar-refractivity contribution in [3.63, 3.8) is 0 Å². The molecule has 3 rings (SSSR count). The number of carboxylic acids is 1. The van der Waals surface area contributed by atoms with E-state index >= 15 is 0 Å². The average molecular weight is 310 g/mol. The van der Waals surface area contributed by atoms with Crippen LogP contribution in [0.25, 0.3) is 11.3 Å². The lowest BCUT2D eigenvalue weighted by atomic mass is 9.93. The smallest absolute Gasteiger partial charge is 0.374 e. The van der Waals surface area contributed by atoms with Crippen molar-refractivity contribution >= 4 is 17.6 Å². The number of aromatic carboxylic acids is 1. The van der Waals surface area contributed by atoms with Crippen LogP contribution in [0.5, 0.6) is 11.5 Å². The molecule has 2 aromatic rings. The number of halogens is 1.